The number of aromatic nitrogens is 2. The van der Waals surface area contributed by atoms with Crippen LogP contribution in [0.4, 0.5) is 0 Å². The van der Waals surface area contributed by atoms with Crippen molar-refractivity contribution in [1.29, 1.82) is 0 Å². The Morgan fingerprint density at radius 2 is 2.38 bits per heavy atom. The van der Waals surface area contributed by atoms with Crippen LogP contribution in [0.25, 0.3) is 0 Å². The van der Waals surface area contributed by atoms with E-state index in [1.807, 2.05) is 0 Å². The van der Waals surface area contributed by atoms with Crippen LogP contribution in [0.15, 0.2) is 4.52 Å². The van der Waals surface area contributed by atoms with Crippen LogP contribution in [0, 0.1) is 5.92 Å². The second-order valence-electron chi connectivity index (χ2n) is 4.56. The first-order valence-corrected chi connectivity index (χ1v) is 5.94. The summed E-state index contributed by atoms with van der Waals surface area (Å²) in [6, 6.07) is -0.551. The van der Waals surface area contributed by atoms with E-state index in [-0.39, 0.29) is 6.61 Å². The van der Waals surface area contributed by atoms with E-state index in [1.54, 1.807) is 0 Å². The molecule has 0 bridgehead atoms. The third-order valence-corrected chi connectivity index (χ3v) is 3.46. The molecule has 0 aliphatic heterocycles. The Labute approximate surface area is 95.0 Å². The van der Waals surface area contributed by atoms with Gasteiger partial charge in [-0.15, -0.1) is 0 Å². The minimum Gasteiger partial charge on any atom is -0.394 e. The zero-order valence-electron chi connectivity index (χ0n) is 9.59. The molecule has 2 unspecified atom stereocenters. The number of nitrogens with two attached hydrogens (primary N) is 1. The minimum atomic E-state index is -0.551. The summed E-state index contributed by atoms with van der Waals surface area (Å²) in [7, 11) is 0. The van der Waals surface area contributed by atoms with E-state index in [2.05, 4.69) is 17.1 Å². The second kappa shape index (κ2) is 4.93. The van der Waals surface area contributed by atoms with Crippen LogP contribution in [0.1, 0.15) is 56.3 Å². The van der Waals surface area contributed by atoms with Crippen molar-refractivity contribution in [3.63, 3.8) is 0 Å². The zero-order chi connectivity index (χ0) is 11.5. The number of hydrogen-bond donors (Lipinski definition) is 2. The van der Waals surface area contributed by atoms with Crippen molar-refractivity contribution in [2.75, 3.05) is 6.61 Å². The number of hydrogen-bond acceptors (Lipinski definition) is 5. The molecule has 0 amide bonds. The van der Waals surface area contributed by atoms with Crippen LogP contribution in [-0.2, 0) is 0 Å². The topological polar surface area (TPSA) is 85.2 Å². The van der Waals surface area contributed by atoms with E-state index in [0.29, 0.717) is 11.8 Å². The van der Waals surface area contributed by atoms with Gasteiger partial charge < -0.3 is 15.4 Å². The number of aliphatic hydroxyl groups is 1. The largest absolute Gasteiger partial charge is 0.394 e. The van der Waals surface area contributed by atoms with Gasteiger partial charge in [0.1, 0.15) is 6.04 Å². The third kappa shape index (κ3) is 2.25. The lowest BCUT2D eigenvalue weighted by Gasteiger charge is -2.04. The van der Waals surface area contributed by atoms with Crippen LogP contribution >= 0.6 is 0 Å². The average Bonchev–Trinajstić information content (AvgIpc) is 2.95. The van der Waals surface area contributed by atoms with Gasteiger partial charge in [-0.3, -0.25) is 0 Å². The predicted octanol–water partition coefficient (Wildman–Crippen LogP) is 1.36. The van der Waals surface area contributed by atoms with Gasteiger partial charge in [0, 0.05) is 5.92 Å². The molecule has 2 rings (SSSR count). The Morgan fingerprint density at radius 1 is 1.56 bits per heavy atom. The zero-order valence-corrected chi connectivity index (χ0v) is 9.59. The number of aliphatic hydroxyl groups excluding tert-OH is 1. The summed E-state index contributed by atoms with van der Waals surface area (Å²) in [5.74, 6) is 2.30. The van der Waals surface area contributed by atoms with Crippen LogP contribution in [0.2, 0.25) is 0 Å². The van der Waals surface area contributed by atoms with Gasteiger partial charge in [-0.25, -0.2) is 0 Å². The van der Waals surface area contributed by atoms with Crippen LogP contribution in [0.3, 0.4) is 0 Å². The average molecular weight is 225 g/mol. The molecule has 1 saturated carbocycles. The lowest BCUT2D eigenvalue weighted by molar-refractivity contribution is 0.236. The van der Waals surface area contributed by atoms with E-state index in [9.17, 15) is 0 Å². The molecule has 0 aromatic carbocycles. The predicted molar refractivity (Wildman–Crippen MR) is 58.7 cm³/mol. The fourth-order valence-corrected chi connectivity index (χ4v) is 2.32. The first-order chi connectivity index (χ1) is 7.74. The normalized spacial score (nSPS) is 27.2. The van der Waals surface area contributed by atoms with Gasteiger partial charge in [-0.2, -0.15) is 4.98 Å². The van der Waals surface area contributed by atoms with Gasteiger partial charge >= 0.3 is 0 Å². The fraction of sp³-hybridized carbons (Fsp3) is 0.818. The Bertz CT molecular complexity index is 340. The summed E-state index contributed by atoms with van der Waals surface area (Å²) in [5, 5.41) is 12.8. The standard InChI is InChI=1S/C11H19N3O2/c1-2-7-3-4-8(5-7)10-13-11(16-14-10)9(12)6-15/h7-9,15H,2-6,12H2,1H3/t7?,8?,9-/m0/s1. The molecule has 1 aromatic heterocycles. The molecule has 1 aliphatic carbocycles. The van der Waals surface area contributed by atoms with Crippen molar-refractivity contribution in [3.8, 4) is 0 Å². The lowest BCUT2D eigenvalue weighted by Crippen LogP contribution is -2.14. The quantitative estimate of drug-likeness (QED) is 0.808. The highest BCUT2D eigenvalue weighted by Gasteiger charge is 2.28. The third-order valence-electron chi connectivity index (χ3n) is 3.46. The molecule has 90 valence electrons. The van der Waals surface area contributed by atoms with E-state index in [0.717, 1.165) is 24.6 Å². The monoisotopic (exact) mass is 225 g/mol. The Hall–Kier alpha value is -0.940. The number of rotatable bonds is 4. The maximum Gasteiger partial charge on any atom is 0.245 e. The van der Waals surface area contributed by atoms with Crippen molar-refractivity contribution in [3.05, 3.63) is 11.7 Å². The molecule has 5 nitrogen and oxygen atoms in total. The van der Waals surface area contributed by atoms with Gasteiger partial charge in [-0.1, -0.05) is 18.5 Å². The fourth-order valence-electron chi connectivity index (χ4n) is 2.32. The molecule has 0 saturated heterocycles. The summed E-state index contributed by atoms with van der Waals surface area (Å²) in [5.41, 5.74) is 5.61. The van der Waals surface area contributed by atoms with Crippen molar-refractivity contribution >= 4 is 0 Å². The number of nitrogens with zero attached hydrogens (tertiary/aromatic N) is 2. The second-order valence-corrected chi connectivity index (χ2v) is 4.56. The highest BCUT2D eigenvalue weighted by atomic mass is 16.5. The highest BCUT2D eigenvalue weighted by Crippen LogP contribution is 2.38. The summed E-state index contributed by atoms with van der Waals surface area (Å²) in [4.78, 5) is 4.27. The molecule has 16 heavy (non-hydrogen) atoms. The van der Waals surface area contributed by atoms with Crippen LogP contribution in [-0.4, -0.2) is 21.9 Å². The molecule has 5 heteroatoms. The van der Waals surface area contributed by atoms with Crippen molar-refractivity contribution in [2.45, 2.75) is 44.6 Å². The molecular formula is C11H19N3O2. The summed E-state index contributed by atoms with van der Waals surface area (Å²) < 4.78 is 5.05. The molecule has 1 heterocycles. The van der Waals surface area contributed by atoms with Gasteiger partial charge in [0.05, 0.1) is 6.61 Å². The Kier molecular flexibility index (Phi) is 3.56. The first-order valence-electron chi connectivity index (χ1n) is 5.94. The summed E-state index contributed by atoms with van der Waals surface area (Å²) in [6.45, 7) is 2.06. The van der Waals surface area contributed by atoms with Gasteiger partial charge in [-0.05, 0) is 25.2 Å². The molecule has 0 radical (unpaired) electrons. The van der Waals surface area contributed by atoms with Crippen molar-refractivity contribution in [2.24, 2.45) is 11.7 Å². The van der Waals surface area contributed by atoms with E-state index in [1.165, 1.54) is 12.8 Å². The summed E-state index contributed by atoms with van der Waals surface area (Å²) in [6.07, 6.45) is 4.74. The molecular weight excluding hydrogens is 206 g/mol. The molecule has 1 aliphatic rings. The first kappa shape index (κ1) is 11.5. The SMILES string of the molecule is CCC1CCC(c2noc([C@@H](N)CO)n2)C1. The maximum absolute atomic E-state index is 8.89. The van der Waals surface area contributed by atoms with Crippen molar-refractivity contribution < 1.29 is 9.63 Å². The molecule has 1 aromatic rings. The molecule has 3 atom stereocenters. The van der Waals surface area contributed by atoms with Gasteiger partial charge in [0.25, 0.3) is 0 Å². The van der Waals surface area contributed by atoms with Crippen molar-refractivity contribution in [1.82, 2.24) is 10.1 Å². The van der Waals surface area contributed by atoms with Crippen LogP contribution < -0.4 is 5.73 Å². The molecule has 3 N–H and O–H groups in total. The molecule has 0 spiro atoms. The lowest BCUT2D eigenvalue weighted by atomic mass is 10.0. The smallest absolute Gasteiger partial charge is 0.245 e. The van der Waals surface area contributed by atoms with Gasteiger partial charge in [0.2, 0.25) is 5.89 Å². The Morgan fingerprint density at radius 3 is 3.00 bits per heavy atom. The molecule has 1 fully saturated rings. The van der Waals surface area contributed by atoms with E-state index in [4.69, 9.17) is 15.4 Å². The summed E-state index contributed by atoms with van der Waals surface area (Å²) >= 11 is 0. The minimum absolute atomic E-state index is 0.163. The highest BCUT2D eigenvalue weighted by molar-refractivity contribution is 5.01. The van der Waals surface area contributed by atoms with E-state index >= 15 is 0 Å². The maximum atomic E-state index is 8.89. The van der Waals surface area contributed by atoms with Crippen LogP contribution in [0.5, 0.6) is 0 Å². The Balaban J connectivity index is 2.02. The van der Waals surface area contributed by atoms with E-state index < -0.39 is 6.04 Å². The van der Waals surface area contributed by atoms with Gasteiger partial charge in [0.15, 0.2) is 5.82 Å².